The fraction of sp³-hybridized carbons (Fsp3) is 0.400. The van der Waals surface area contributed by atoms with E-state index in [1.807, 2.05) is 53.4 Å². The van der Waals surface area contributed by atoms with Crippen LogP contribution in [0.5, 0.6) is 0 Å². The van der Waals surface area contributed by atoms with E-state index < -0.39 is 0 Å². The normalized spacial score (nSPS) is 15.5. The Morgan fingerprint density at radius 3 is 2.48 bits per heavy atom. The van der Waals surface area contributed by atoms with Crippen LogP contribution in [0, 0.1) is 0 Å². The number of aromatic nitrogens is 2. The average Bonchev–Trinajstić information content (AvgIpc) is 2.84. The number of fused-ring (bicyclic) bond motifs is 1. The molecule has 0 radical (unpaired) electrons. The van der Waals surface area contributed by atoms with E-state index in [4.69, 9.17) is 4.98 Å². The first-order valence-electron chi connectivity index (χ1n) is 11.5. The number of hydrogen-bond acceptors (Lipinski definition) is 4. The summed E-state index contributed by atoms with van der Waals surface area (Å²) in [5.41, 5.74) is 1.42. The van der Waals surface area contributed by atoms with E-state index >= 15 is 0 Å². The molecule has 4 rings (SSSR count). The third kappa shape index (κ3) is 5.12. The van der Waals surface area contributed by atoms with Crippen molar-refractivity contribution < 1.29 is 4.79 Å². The van der Waals surface area contributed by atoms with Crippen LogP contribution in [0.15, 0.2) is 57.8 Å². The van der Waals surface area contributed by atoms with E-state index in [-0.39, 0.29) is 17.6 Å². The van der Waals surface area contributed by atoms with Gasteiger partial charge in [0.05, 0.1) is 22.6 Å². The van der Waals surface area contributed by atoms with Crippen molar-refractivity contribution in [2.45, 2.75) is 32.7 Å². The van der Waals surface area contributed by atoms with Crippen molar-refractivity contribution in [3.8, 4) is 5.69 Å². The quantitative estimate of drug-likeness (QED) is 0.499. The summed E-state index contributed by atoms with van der Waals surface area (Å²) in [7, 11) is 0. The summed E-state index contributed by atoms with van der Waals surface area (Å²) >= 11 is 3.47. The zero-order chi connectivity index (χ0) is 23.4. The Bertz CT molecular complexity index is 1170. The van der Waals surface area contributed by atoms with Crippen LogP contribution >= 0.6 is 15.9 Å². The number of rotatable bonds is 6. The van der Waals surface area contributed by atoms with Gasteiger partial charge in [-0.2, -0.15) is 0 Å². The van der Waals surface area contributed by atoms with E-state index in [9.17, 15) is 9.59 Å². The maximum Gasteiger partial charge on any atom is 0.317 e. The maximum atomic E-state index is 13.5. The number of carbonyl (C=O) groups excluding carboxylic acids is 1. The Morgan fingerprint density at radius 2 is 1.79 bits per heavy atom. The third-order valence-corrected chi connectivity index (χ3v) is 6.74. The largest absolute Gasteiger partial charge is 0.338 e. The molecule has 1 aliphatic heterocycles. The molecule has 1 unspecified atom stereocenters. The molecule has 0 bridgehead atoms. The second-order valence-corrected chi connectivity index (χ2v) is 9.30. The minimum atomic E-state index is -0.0868. The number of nitrogens with one attached hydrogen (secondary N) is 1. The van der Waals surface area contributed by atoms with Crippen molar-refractivity contribution in [3.63, 3.8) is 0 Å². The molecule has 0 aliphatic carbocycles. The van der Waals surface area contributed by atoms with Gasteiger partial charge in [0.25, 0.3) is 5.56 Å². The fourth-order valence-corrected chi connectivity index (χ4v) is 4.49. The minimum absolute atomic E-state index is 0.00588. The molecule has 0 saturated carbocycles. The van der Waals surface area contributed by atoms with E-state index in [1.54, 1.807) is 4.57 Å². The lowest BCUT2D eigenvalue weighted by Gasteiger charge is -2.38. The first kappa shape index (κ1) is 23.4. The second-order valence-electron chi connectivity index (χ2n) is 8.39. The molecule has 8 heteroatoms. The van der Waals surface area contributed by atoms with Gasteiger partial charge in [-0.25, -0.2) is 9.78 Å². The Morgan fingerprint density at radius 1 is 1.09 bits per heavy atom. The average molecular weight is 512 g/mol. The number of amides is 2. The van der Waals surface area contributed by atoms with Gasteiger partial charge in [0.15, 0.2) is 0 Å². The van der Waals surface area contributed by atoms with Crippen LogP contribution < -0.4 is 10.9 Å². The number of hydrogen-bond donors (Lipinski definition) is 1. The number of unbranched alkanes of at least 4 members (excludes halogenated alkanes) is 1. The van der Waals surface area contributed by atoms with Crippen LogP contribution in [0.1, 0.15) is 38.6 Å². The van der Waals surface area contributed by atoms with Crippen molar-refractivity contribution in [1.29, 1.82) is 0 Å². The highest BCUT2D eigenvalue weighted by Crippen LogP contribution is 2.24. The number of piperazine rings is 1. The highest BCUT2D eigenvalue weighted by molar-refractivity contribution is 9.10. The predicted molar refractivity (Wildman–Crippen MR) is 135 cm³/mol. The summed E-state index contributed by atoms with van der Waals surface area (Å²) in [6.07, 6.45) is 2.05. The lowest BCUT2D eigenvalue weighted by atomic mass is 10.1. The fourth-order valence-electron chi connectivity index (χ4n) is 4.23. The Hall–Kier alpha value is -2.71. The summed E-state index contributed by atoms with van der Waals surface area (Å²) in [5, 5.41) is 3.60. The van der Waals surface area contributed by atoms with E-state index in [2.05, 4.69) is 40.0 Å². The predicted octanol–water partition coefficient (Wildman–Crippen LogP) is 4.34. The van der Waals surface area contributed by atoms with Crippen molar-refractivity contribution in [3.05, 3.63) is 69.2 Å². The second kappa shape index (κ2) is 10.5. The van der Waals surface area contributed by atoms with Crippen LogP contribution in [0.2, 0.25) is 0 Å². The van der Waals surface area contributed by atoms with Gasteiger partial charge in [-0.15, -0.1) is 0 Å². The first-order valence-corrected chi connectivity index (χ1v) is 12.3. The monoisotopic (exact) mass is 511 g/mol. The number of para-hydroxylation sites is 1. The molecule has 174 valence electrons. The highest BCUT2D eigenvalue weighted by atomic mass is 79.9. The molecule has 2 heterocycles. The van der Waals surface area contributed by atoms with Gasteiger partial charge in [0, 0.05) is 37.2 Å². The van der Waals surface area contributed by atoms with Gasteiger partial charge < -0.3 is 10.2 Å². The molecule has 1 saturated heterocycles. The number of carbonyl (C=O) groups is 1. The maximum absolute atomic E-state index is 13.5. The summed E-state index contributed by atoms with van der Waals surface area (Å²) in [5.74, 6) is 0.710. The number of halogens is 1. The smallest absolute Gasteiger partial charge is 0.317 e. The Labute approximate surface area is 202 Å². The molecule has 7 nitrogen and oxygen atoms in total. The summed E-state index contributed by atoms with van der Waals surface area (Å²) in [6, 6.07) is 15.1. The lowest BCUT2D eigenvalue weighted by molar-refractivity contribution is 0.110. The summed E-state index contributed by atoms with van der Waals surface area (Å²) < 4.78 is 2.68. The molecule has 1 aliphatic rings. The molecular weight excluding hydrogens is 482 g/mol. The molecular formula is C25H30BrN5O2. The van der Waals surface area contributed by atoms with E-state index in [0.717, 1.165) is 36.1 Å². The standard InChI is InChI=1S/C25H30BrN5O2/c1-3-4-13-27-25(33)30-16-14-29(15-17-30)18(2)23-28-22-8-6-5-7-21(22)24(32)31(23)20-11-9-19(26)10-12-20/h5-12,18H,3-4,13-17H2,1-2H3,(H,27,33). The molecule has 2 amide bonds. The van der Waals surface area contributed by atoms with Gasteiger partial charge in [-0.1, -0.05) is 41.4 Å². The van der Waals surface area contributed by atoms with Gasteiger partial charge in [0.2, 0.25) is 0 Å². The van der Waals surface area contributed by atoms with Crippen molar-refractivity contribution in [1.82, 2.24) is 24.7 Å². The number of nitrogens with zero attached hydrogens (tertiary/aromatic N) is 4. The van der Waals surface area contributed by atoms with Gasteiger partial charge >= 0.3 is 6.03 Å². The molecule has 1 aromatic heterocycles. The van der Waals surface area contributed by atoms with Crippen molar-refractivity contribution in [2.24, 2.45) is 0 Å². The van der Waals surface area contributed by atoms with Crippen molar-refractivity contribution in [2.75, 3.05) is 32.7 Å². The van der Waals surface area contributed by atoms with E-state index in [0.29, 0.717) is 36.4 Å². The highest BCUT2D eigenvalue weighted by Gasteiger charge is 2.28. The van der Waals surface area contributed by atoms with Crippen LogP contribution in [-0.4, -0.2) is 58.1 Å². The molecule has 1 fully saturated rings. The number of benzene rings is 2. The molecule has 2 aromatic carbocycles. The van der Waals surface area contributed by atoms with Crippen molar-refractivity contribution >= 4 is 32.9 Å². The zero-order valence-electron chi connectivity index (χ0n) is 19.1. The topological polar surface area (TPSA) is 70.5 Å². The van der Waals surface area contributed by atoms with Crippen LogP contribution in [-0.2, 0) is 0 Å². The molecule has 1 atom stereocenters. The molecule has 33 heavy (non-hydrogen) atoms. The molecule has 0 spiro atoms. The van der Waals surface area contributed by atoms with Crippen LogP contribution in [0.3, 0.4) is 0 Å². The summed E-state index contributed by atoms with van der Waals surface area (Å²) in [4.78, 5) is 35.0. The van der Waals surface area contributed by atoms with Crippen LogP contribution in [0.4, 0.5) is 4.79 Å². The summed E-state index contributed by atoms with van der Waals surface area (Å²) in [6.45, 7) is 7.67. The third-order valence-electron chi connectivity index (χ3n) is 6.22. The van der Waals surface area contributed by atoms with Gasteiger partial charge in [-0.05, 0) is 49.7 Å². The first-order chi connectivity index (χ1) is 16.0. The van der Waals surface area contributed by atoms with Gasteiger partial charge in [0.1, 0.15) is 5.82 Å². The Kier molecular flexibility index (Phi) is 7.45. The van der Waals surface area contributed by atoms with Gasteiger partial charge in [-0.3, -0.25) is 14.3 Å². The SMILES string of the molecule is CCCCNC(=O)N1CCN(C(C)c2nc3ccccc3c(=O)n2-c2ccc(Br)cc2)CC1. The molecule has 1 N–H and O–H groups in total. The van der Waals surface area contributed by atoms with E-state index in [1.165, 1.54) is 0 Å². The Balaban J connectivity index is 1.61. The lowest BCUT2D eigenvalue weighted by Crippen LogP contribution is -2.52. The van der Waals surface area contributed by atoms with Crippen LogP contribution in [0.25, 0.3) is 16.6 Å². The molecule has 3 aromatic rings. The zero-order valence-corrected chi connectivity index (χ0v) is 20.7. The minimum Gasteiger partial charge on any atom is -0.338 e. The number of urea groups is 1.